The van der Waals surface area contributed by atoms with Crippen LogP contribution in [0.5, 0.6) is 0 Å². The molecule has 0 aliphatic rings. The monoisotopic (exact) mass is 315 g/mol. The largest absolute Gasteiger partial charge is 0.311 e. The van der Waals surface area contributed by atoms with Crippen molar-refractivity contribution in [2.45, 2.75) is 0 Å². The van der Waals surface area contributed by atoms with Crippen LogP contribution in [-0.2, 0) is 0 Å². The van der Waals surface area contributed by atoms with E-state index >= 15 is 0 Å². The molecule has 19 heavy (non-hydrogen) atoms. The molecule has 0 atom stereocenters. The van der Waals surface area contributed by atoms with Crippen molar-refractivity contribution in [1.82, 2.24) is 4.98 Å². The minimum Gasteiger partial charge on any atom is -0.311 e. The molecule has 0 bridgehead atoms. The predicted molar refractivity (Wildman–Crippen MR) is 75.8 cm³/mol. The number of nitriles is 1. The molecule has 2 aromatic rings. The van der Waals surface area contributed by atoms with E-state index in [0.717, 1.165) is 10.2 Å². The minimum atomic E-state index is -0.154. The summed E-state index contributed by atoms with van der Waals surface area (Å²) < 4.78 is 0.756. The molecule has 0 fully saturated rings. The lowest BCUT2D eigenvalue weighted by atomic mass is 10.2. The third-order valence-electron chi connectivity index (χ3n) is 2.64. The summed E-state index contributed by atoms with van der Waals surface area (Å²) in [6.45, 7) is 0. The van der Waals surface area contributed by atoms with Crippen LogP contribution in [0, 0.1) is 11.3 Å². The number of rotatable bonds is 2. The first-order chi connectivity index (χ1) is 9.11. The summed E-state index contributed by atoms with van der Waals surface area (Å²) in [5, 5.41) is 8.74. The zero-order chi connectivity index (χ0) is 13.8. The van der Waals surface area contributed by atoms with E-state index in [1.807, 2.05) is 6.07 Å². The van der Waals surface area contributed by atoms with Gasteiger partial charge in [-0.1, -0.05) is 0 Å². The molecule has 1 aromatic heterocycles. The molecule has 0 saturated carbocycles. The number of pyridine rings is 1. The third-order valence-corrected chi connectivity index (χ3v) is 3.07. The minimum absolute atomic E-state index is 0.154. The Morgan fingerprint density at radius 2 is 2.00 bits per heavy atom. The number of hydrogen-bond acceptors (Lipinski definition) is 3. The number of amides is 1. The Labute approximate surface area is 119 Å². The first kappa shape index (κ1) is 13.2. The fourth-order valence-corrected chi connectivity index (χ4v) is 1.96. The predicted octanol–water partition coefficient (Wildman–Crippen LogP) is 2.99. The van der Waals surface area contributed by atoms with Crippen LogP contribution in [0.25, 0.3) is 0 Å². The quantitative estimate of drug-likeness (QED) is 0.856. The van der Waals surface area contributed by atoms with E-state index in [1.165, 1.54) is 11.1 Å². The Balaban J connectivity index is 2.26. The summed E-state index contributed by atoms with van der Waals surface area (Å²) >= 11 is 3.29. The van der Waals surface area contributed by atoms with Crippen LogP contribution in [0.15, 0.2) is 47.2 Å². The average Bonchev–Trinajstić information content (AvgIpc) is 2.46. The molecule has 1 amide bonds. The Kier molecular flexibility index (Phi) is 3.93. The van der Waals surface area contributed by atoms with Crippen molar-refractivity contribution in [2.75, 3.05) is 11.9 Å². The third kappa shape index (κ3) is 2.98. The second-order valence-electron chi connectivity index (χ2n) is 3.91. The van der Waals surface area contributed by atoms with E-state index in [9.17, 15) is 4.79 Å². The summed E-state index contributed by atoms with van der Waals surface area (Å²) in [7, 11) is 1.69. The first-order valence-corrected chi connectivity index (χ1v) is 6.30. The normalized spacial score (nSPS) is 9.74. The summed E-state index contributed by atoms with van der Waals surface area (Å²) in [5.74, 6) is -0.154. The highest BCUT2D eigenvalue weighted by atomic mass is 79.9. The lowest BCUT2D eigenvalue weighted by molar-refractivity contribution is 0.0992. The SMILES string of the molecule is CN(C(=O)c1cncc(Br)c1)c1ccc(C#N)cc1. The number of halogens is 1. The van der Waals surface area contributed by atoms with Crippen LogP contribution in [0.3, 0.4) is 0 Å². The summed E-state index contributed by atoms with van der Waals surface area (Å²) in [6.07, 6.45) is 3.14. The summed E-state index contributed by atoms with van der Waals surface area (Å²) in [5.41, 5.74) is 1.79. The molecule has 0 N–H and O–H groups in total. The molecule has 5 heteroatoms. The lowest BCUT2D eigenvalue weighted by Crippen LogP contribution is -2.26. The zero-order valence-electron chi connectivity index (χ0n) is 10.2. The van der Waals surface area contributed by atoms with E-state index in [4.69, 9.17) is 5.26 Å². The molecule has 1 heterocycles. The number of anilines is 1. The number of carbonyl (C=O) groups is 1. The number of carbonyl (C=O) groups excluding carboxylic acids is 1. The molecule has 0 aliphatic heterocycles. The highest BCUT2D eigenvalue weighted by Gasteiger charge is 2.14. The van der Waals surface area contributed by atoms with Crippen molar-refractivity contribution < 1.29 is 4.79 Å². The van der Waals surface area contributed by atoms with E-state index in [0.29, 0.717) is 11.1 Å². The van der Waals surface area contributed by atoms with Gasteiger partial charge < -0.3 is 4.90 Å². The van der Waals surface area contributed by atoms with Crippen molar-refractivity contribution in [3.63, 3.8) is 0 Å². The number of nitrogens with zero attached hydrogens (tertiary/aromatic N) is 3. The van der Waals surface area contributed by atoms with Gasteiger partial charge in [-0.25, -0.2) is 0 Å². The molecule has 1 aromatic carbocycles. The van der Waals surface area contributed by atoms with Gasteiger partial charge in [0.15, 0.2) is 0 Å². The van der Waals surface area contributed by atoms with Crippen molar-refractivity contribution in [3.8, 4) is 6.07 Å². The highest BCUT2D eigenvalue weighted by Crippen LogP contribution is 2.17. The second-order valence-corrected chi connectivity index (χ2v) is 4.83. The summed E-state index contributed by atoms with van der Waals surface area (Å²) in [6, 6.07) is 10.6. The Morgan fingerprint density at radius 3 is 2.58 bits per heavy atom. The Morgan fingerprint density at radius 1 is 1.32 bits per heavy atom. The average molecular weight is 316 g/mol. The smallest absolute Gasteiger partial charge is 0.259 e. The van der Waals surface area contributed by atoms with E-state index in [2.05, 4.69) is 20.9 Å². The molecule has 0 spiro atoms. The van der Waals surface area contributed by atoms with Crippen molar-refractivity contribution in [1.29, 1.82) is 5.26 Å². The Hall–Kier alpha value is -2.19. The van der Waals surface area contributed by atoms with E-state index in [1.54, 1.807) is 43.6 Å². The van der Waals surface area contributed by atoms with Gasteiger partial charge in [0, 0.05) is 29.6 Å². The molecule has 2 rings (SSSR count). The van der Waals surface area contributed by atoms with Gasteiger partial charge in [-0.3, -0.25) is 9.78 Å². The highest BCUT2D eigenvalue weighted by molar-refractivity contribution is 9.10. The van der Waals surface area contributed by atoms with Crippen molar-refractivity contribution >= 4 is 27.5 Å². The summed E-state index contributed by atoms with van der Waals surface area (Å²) in [4.78, 5) is 17.7. The van der Waals surface area contributed by atoms with Gasteiger partial charge in [0.25, 0.3) is 5.91 Å². The van der Waals surface area contributed by atoms with Crippen LogP contribution in [-0.4, -0.2) is 17.9 Å². The number of aromatic nitrogens is 1. The van der Waals surface area contributed by atoms with Gasteiger partial charge in [-0.15, -0.1) is 0 Å². The van der Waals surface area contributed by atoms with Crippen LogP contribution < -0.4 is 4.90 Å². The van der Waals surface area contributed by atoms with Crippen molar-refractivity contribution in [2.24, 2.45) is 0 Å². The van der Waals surface area contributed by atoms with E-state index < -0.39 is 0 Å². The molecule has 0 unspecified atom stereocenters. The molecule has 94 valence electrons. The topological polar surface area (TPSA) is 57.0 Å². The van der Waals surface area contributed by atoms with E-state index in [-0.39, 0.29) is 5.91 Å². The van der Waals surface area contributed by atoms with Crippen LogP contribution in [0.4, 0.5) is 5.69 Å². The van der Waals surface area contributed by atoms with Gasteiger partial charge in [-0.2, -0.15) is 5.26 Å². The molecule has 4 nitrogen and oxygen atoms in total. The molecular weight excluding hydrogens is 306 g/mol. The van der Waals surface area contributed by atoms with Gasteiger partial charge in [0.1, 0.15) is 0 Å². The van der Waals surface area contributed by atoms with Crippen LogP contribution in [0.1, 0.15) is 15.9 Å². The number of benzene rings is 1. The maximum Gasteiger partial charge on any atom is 0.259 e. The Bertz CT molecular complexity index is 646. The van der Waals surface area contributed by atoms with Gasteiger partial charge in [-0.05, 0) is 46.3 Å². The fraction of sp³-hybridized carbons (Fsp3) is 0.0714. The van der Waals surface area contributed by atoms with Gasteiger partial charge >= 0.3 is 0 Å². The maximum absolute atomic E-state index is 12.3. The second kappa shape index (κ2) is 5.63. The first-order valence-electron chi connectivity index (χ1n) is 5.50. The van der Waals surface area contributed by atoms with Gasteiger partial charge in [0.2, 0.25) is 0 Å². The molecule has 0 radical (unpaired) electrons. The van der Waals surface area contributed by atoms with Crippen LogP contribution in [0.2, 0.25) is 0 Å². The molecule has 0 aliphatic carbocycles. The zero-order valence-corrected chi connectivity index (χ0v) is 11.8. The van der Waals surface area contributed by atoms with Crippen molar-refractivity contribution in [3.05, 3.63) is 58.3 Å². The maximum atomic E-state index is 12.3. The number of hydrogen-bond donors (Lipinski definition) is 0. The standard InChI is InChI=1S/C14H10BrN3O/c1-18(13-4-2-10(7-16)3-5-13)14(19)11-6-12(15)9-17-8-11/h2-6,8-9H,1H3. The lowest BCUT2D eigenvalue weighted by Gasteiger charge is -2.17. The molecular formula is C14H10BrN3O. The fourth-order valence-electron chi connectivity index (χ4n) is 1.60. The van der Waals surface area contributed by atoms with Gasteiger partial charge in [0.05, 0.1) is 17.2 Å². The van der Waals surface area contributed by atoms with Crippen LogP contribution >= 0.6 is 15.9 Å². The molecule has 0 saturated heterocycles.